The summed E-state index contributed by atoms with van der Waals surface area (Å²) in [4.78, 5) is 43.6. The highest BCUT2D eigenvalue weighted by Crippen LogP contribution is 2.35. The summed E-state index contributed by atoms with van der Waals surface area (Å²) in [6.07, 6.45) is -2.49. The molecule has 144 valence electrons. The van der Waals surface area contributed by atoms with E-state index >= 15 is 0 Å². The predicted molar refractivity (Wildman–Crippen MR) is 91.7 cm³/mol. The summed E-state index contributed by atoms with van der Waals surface area (Å²) in [5.41, 5.74) is -1.70. The number of carbonyl (C=O) groups is 4. The Kier molecular flexibility index (Phi) is 9.68. The molecule has 0 aromatic rings. The molecule has 1 aliphatic rings. The van der Waals surface area contributed by atoms with Crippen molar-refractivity contribution in [1.82, 2.24) is 10.6 Å². The van der Waals surface area contributed by atoms with Gasteiger partial charge in [0.05, 0.1) is 18.1 Å². The van der Waals surface area contributed by atoms with E-state index in [0.717, 1.165) is 11.8 Å². The van der Waals surface area contributed by atoms with Gasteiger partial charge in [0.15, 0.2) is 5.54 Å². The lowest BCUT2D eigenvalue weighted by Crippen LogP contribution is -2.64. The number of rotatable bonds is 6. The third-order valence-corrected chi connectivity index (χ3v) is 4.84. The third kappa shape index (κ3) is 5.68. The van der Waals surface area contributed by atoms with E-state index in [1.807, 2.05) is 0 Å². The van der Waals surface area contributed by atoms with Crippen molar-refractivity contribution < 1.29 is 34.5 Å². The number of thioether (sulfide) groups is 1. The number of aliphatic hydroxyl groups excluding tert-OH is 2. The van der Waals surface area contributed by atoms with E-state index < -0.39 is 34.7 Å². The van der Waals surface area contributed by atoms with Crippen LogP contribution in [0.2, 0.25) is 0 Å². The number of carboxylic acid groups (broad SMARTS) is 1. The normalized spacial score (nSPS) is 26.3. The van der Waals surface area contributed by atoms with E-state index in [9.17, 15) is 24.6 Å². The summed E-state index contributed by atoms with van der Waals surface area (Å²) in [6, 6.07) is 0. The molecule has 1 unspecified atom stereocenters. The third-order valence-electron chi connectivity index (χ3n) is 3.83. The minimum Gasteiger partial charge on any atom is -0.483 e. The van der Waals surface area contributed by atoms with Crippen LogP contribution >= 0.6 is 11.8 Å². The van der Waals surface area contributed by atoms with Crippen molar-refractivity contribution in [2.75, 3.05) is 12.3 Å². The predicted octanol–water partition coefficient (Wildman–Crippen LogP) is -1.03. The van der Waals surface area contributed by atoms with Crippen LogP contribution in [0.5, 0.6) is 0 Å². The van der Waals surface area contributed by atoms with Crippen LogP contribution in [-0.4, -0.2) is 68.8 Å². The molecule has 1 heterocycles. The minimum atomic E-state index is -1.70. The van der Waals surface area contributed by atoms with Gasteiger partial charge in [0.1, 0.15) is 0 Å². The second-order valence-corrected chi connectivity index (χ2v) is 7.07. The molecule has 0 aromatic heterocycles. The Hall–Kier alpha value is -1.65. The van der Waals surface area contributed by atoms with E-state index in [-0.39, 0.29) is 18.3 Å². The molecule has 0 saturated carbocycles. The molecular formula is C15H26N2O7S. The van der Waals surface area contributed by atoms with Crippen LogP contribution in [0.4, 0.5) is 0 Å². The molecule has 0 aromatic carbocycles. The first-order chi connectivity index (χ1) is 11.6. The lowest BCUT2D eigenvalue weighted by atomic mass is 9.81. The maximum absolute atomic E-state index is 12.6. The molecule has 0 aliphatic carbocycles. The van der Waals surface area contributed by atoms with Crippen LogP contribution in [0.1, 0.15) is 27.7 Å². The molecule has 0 bridgehead atoms. The van der Waals surface area contributed by atoms with E-state index in [1.165, 1.54) is 13.8 Å². The Labute approximate surface area is 150 Å². The van der Waals surface area contributed by atoms with E-state index in [2.05, 4.69) is 10.6 Å². The topological polar surface area (TPSA) is 153 Å². The van der Waals surface area contributed by atoms with Crippen LogP contribution in [0.15, 0.2) is 0 Å². The van der Waals surface area contributed by atoms with E-state index in [4.69, 9.17) is 9.90 Å². The number of hydrogen-bond acceptors (Lipinski definition) is 7. The number of nitrogens with one attached hydrogen (secondary N) is 2. The molecular weight excluding hydrogens is 352 g/mol. The first kappa shape index (κ1) is 23.4. The van der Waals surface area contributed by atoms with Gasteiger partial charge < -0.3 is 26.0 Å². The van der Waals surface area contributed by atoms with Crippen molar-refractivity contribution >= 4 is 35.2 Å². The molecule has 5 N–H and O–H groups in total. The Bertz CT molecular complexity index is 500. The van der Waals surface area contributed by atoms with Gasteiger partial charge in [-0.1, -0.05) is 32.5 Å². The highest BCUT2D eigenvalue weighted by molar-refractivity contribution is 8.13. The van der Waals surface area contributed by atoms with E-state index in [0.29, 0.717) is 12.3 Å². The van der Waals surface area contributed by atoms with Crippen molar-refractivity contribution in [3.05, 3.63) is 0 Å². The lowest BCUT2D eigenvalue weighted by Gasteiger charge is -2.37. The van der Waals surface area contributed by atoms with Gasteiger partial charge in [-0.25, -0.2) is 0 Å². The molecule has 1 fully saturated rings. The van der Waals surface area contributed by atoms with Gasteiger partial charge in [0.2, 0.25) is 16.9 Å². The van der Waals surface area contributed by atoms with Crippen LogP contribution < -0.4 is 10.6 Å². The summed E-state index contributed by atoms with van der Waals surface area (Å²) < 4.78 is 0. The fourth-order valence-corrected chi connectivity index (χ4v) is 3.41. The van der Waals surface area contributed by atoms with Crippen molar-refractivity contribution in [3.63, 3.8) is 0 Å². The molecule has 0 radical (unpaired) electrons. The standard InChI is InChI=1S/C14H24N2O5S.CH2O2/c1-7(2)10(18)14(11(19)8(3)12(20)16-14)13(21)22-6-5-15-9(4)17;2-1-3/h7-8,10-11,18-19H,5-6H2,1-4H3,(H,15,17)(H,16,20);1H,(H,2,3)/t8-,10?,11+,14-;/m1./s1. The maximum atomic E-state index is 12.6. The zero-order valence-corrected chi connectivity index (χ0v) is 15.5. The van der Waals surface area contributed by atoms with Crippen molar-refractivity contribution in [1.29, 1.82) is 0 Å². The summed E-state index contributed by atoms with van der Waals surface area (Å²) in [6.45, 7) is 6.36. The molecule has 4 atom stereocenters. The fraction of sp³-hybridized carbons (Fsp3) is 0.733. The molecule has 1 saturated heterocycles. The van der Waals surface area contributed by atoms with Crippen LogP contribution in [-0.2, 0) is 19.2 Å². The number of amides is 2. The van der Waals surface area contributed by atoms with Gasteiger partial charge in [-0.15, -0.1) is 0 Å². The summed E-state index contributed by atoms with van der Waals surface area (Å²) in [5.74, 6) is -1.45. The average Bonchev–Trinajstić information content (AvgIpc) is 2.76. The van der Waals surface area contributed by atoms with Crippen molar-refractivity contribution in [2.45, 2.75) is 45.4 Å². The Morgan fingerprint density at radius 1 is 1.44 bits per heavy atom. The lowest BCUT2D eigenvalue weighted by molar-refractivity contribution is -0.131. The molecule has 9 nitrogen and oxygen atoms in total. The first-order valence-electron chi connectivity index (χ1n) is 7.73. The molecule has 1 aliphatic heterocycles. The monoisotopic (exact) mass is 378 g/mol. The minimum absolute atomic E-state index is 0.201. The summed E-state index contributed by atoms with van der Waals surface area (Å²) in [7, 11) is 0. The quantitative estimate of drug-likeness (QED) is 0.290. The summed E-state index contributed by atoms with van der Waals surface area (Å²) in [5, 5.41) is 32.2. The van der Waals surface area contributed by atoms with Gasteiger partial charge in [0, 0.05) is 19.2 Å². The van der Waals surface area contributed by atoms with Gasteiger partial charge in [0.25, 0.3) is 6.47 Å². The maximum Gasteiger partial charge on any atom is 0.290 e. The van der Waals surface area contributed by atoms with Crippen LogP contribution in [0.25, 0.3) is 0 Å². The highest BCUT2D eigenvalue weighted by Gasteiger charge is 2.60. The van der Waals surface area contributed by atoms with Gasteiger partial charge in [-0.05, 0) is 5.92 Å². The zero-order valence-electron chi connectivity index (χ0n) is 14.7. The van der Waals surface area contributed by atoms with Crippen molar-refractivity contribution in [2.24, 2.45) is 11.8 Å². The van der Waals surface area contributed by atoms with Gasteiger partial charge in [-0.2, -0.15) is 0 Å². The SMILES string of the molecule is CC(=O)NCCSC(=O)[C@]1(C(O)C(C)C)NC(=O)[C@H](C)[C@@H]1O.O=CO. The molecule has 0 spiro atoms. The smallest absolute Gasteiger partial charge is 0.290 e. The first-order valence-corrected chi connectivity index (χ1v) is 8.72. The highest BCUT2D eigenvalue weighted by atomic mass is 32.2. The molecule has 25 heavy (non-hydrogen) atoms. The molecule has 2 amide bonds. The number of aliphatic hydroxyl groups is 2. The number of hydrogen-bond donors (Lipinski definition) is 5. The summed E-state index contributed by atoms with van der Waals surface area (Å²) >= 11 is 0.880. The Morgan fingerprint density at radius 3 is 2.32 bits per heavy atom. The van der Waals surface area contributed by atoms with Crippen LogP contribution in [0, 0.1) is 11.8 Å². The second-order valence-electron chi connectivity index (χ2n) is 6.00. The van der Waals surface area contributed by atoms with Crippen LogP contribution in [0.3, 0.4) is 0 Å². The Balaban J connectivity index is 0.00000178. The largest absolute Gasteiger partial charge is 0.483 e. The van der Waals surface area contributed by atoms with Gasteiger partial charge >= 0.3 is 0 Å². The zero-order chi connectivity index (χ0) is 19.8. The Morgan fingerprint density at radius 2 is 1.96 bits per heavy atom. The second kappa shape index (κ2) is 10.4. The molecule has 10 heteroatoms. The molecule has 1 rings (SSSR count). The van der Waals surface area contributed by atoms with Crippen molar-refractivity contribution in [3.8, 4) is 0 Å². The number of carbonyl (C=O) groups excluding carboxylic acids is 3. The average molecular weight is 378 g/mol. The van der Waals surface area contributed by atoms with E-state index in [1.54, 1.807) is 13.8 Å². The van der Waals surface area contributed by atoms with Gasteiger partial charge in [-0.3, -0.25) is 19.2 Å². The fourth-order valence-electron chi connectivity index (χ4n) is 2.49.